The van der Waals surface area contributed by atoms with Crippen molar-refractivity contribution in [2.45, 2.75) is 99.2 Å². The topological polar surface area (TPSA) is 92.7 Å². The number of Topliss-reactive ketones (excluding diaryl/α,β-unsaturated/α-hetero) is 1. The molecule has 2 N–H and O–H groups in total. The predicted molar refractivity (Wildman–Crippen MR) is 127 cm³/mol. The Hall–Kier alpha value is -1.40. The number of nitrogens with one attached hydrogen (secondary N) is 1. The molecule has 0 radical (unpaired) electrons. The van der Waals surface area contributed by atoms with Gasteiger partial charge in [0, 0.05) is 31.3 Å². The van der Waals surface area contributed by atoms with Crippen LogP contribution in [0.1, 0.15) is 87.5 Å². The Morgan fingerprint density at radius 2 is 1.78 bits per heavy atom. The van der Waals surface area contributed by atoms with E-state index < -0.39 is 34.9 Å². The molecule has 0 aliphatic heterocycles. The van der Waals surface area contributed by atoms with Gasteiger partial charge in [-0.05, 0) is 51.0 Å². The SMILES string of the molecule is CC(=O)O[C@H]1[C@@H](C)[C@@](C)(O)[C@@H](/C(=C\Cl)CCNC(=O)CCCCC(C)(C)C)C(=O)C1(C)C. The second-order valence-electron chi connectivity index (χ2n) is 11.1. The van der Waals surface area contributed by atoms with Crippen molar-refractivity contribution in [3.05, 3.63) is 11.1 Å². The molecular weight excluding hydrogens is 430 g/mol. The van der Waals surface area contributed by atoms with Crippen LogP contribution in [0.4, 0.5) is 0 Å². The normalized spacial score (nSPS) is 28.4. The number of amides is 1. The Labute approximate surface area is 198 Å². The average molecular weight is 472 g/mol. The Morgan fingerprint density at radius 3 is 2.28 bits per heavy atom. The fraction of sp³-hybridized carbons (Fsp3) is 0.800. The van der Waals surface area contributed by atoms with Crippen molar-refractivity contribution in [3.63, 3.8) is 0 Å². The number of halogens is 1. The number of ketones is 1. The van der Waals surface area contributed by atoms with Gasteiger partial charge in [-0.2, -0.15) is 0 Å². The van der Waals surface area contributed by atoms with E-state index in [1.54, 1.807) is 27.7 Å². The smallest absolute Gasteiger partial charge is 0.302 e. The van der Waals surface area contributed by atoms with Crippen LogP contribution in [0, 0.1) is 22.7 Å². The highest BCUT2D eigenvalue weighted by atomic mass is 35.5. The summed E-state index contributed by atoms with van der Waals surface area (Å²) in [5, 5.41) is 14.2. The van der Waals surface area contributed by atoms with Gasteiger partial charge in [-0.25, -0.2) is 0 Å². The molecule has 32 heavy (non-hydrogen) atoms. The largest absolute Gasteiger partial charge is 0.461 e. The summed E-state index contributed by atoms with van der Waals surface area (Å²) in [5.74, 6) is -2.09. The lowest BCUT2D eigenvalue weighted by atomic mass is 9.56. The summed E-state index contributed by atoms with van der Waals surface area (Å²) in [5.41, 5.74) is -0.277. The van der Waals surface area contributed by atoms with Crippen LogP contribution in [0.2, 0.25) is 0 Å². The minimum absolute atomic E-state index is 0.0295. The van der Waals surface area contributed by atoms with Gasteiger partial charge in [-0.1, -0.05) is 45.7 Å². The van der Waals surface area contributed by atoms with E-state index in [9.17, 15) is 19.5 Å². The molecule has 184 valence electrons. The molecule has 0 spiro atoms. The number of ether oxygens (including phenoxy) is 1. The van der Waals surface area contributed by atoms with E-state index in [0.717, 1.165) is 19.3 Å². The molecule has 6 nitrogen and oxygen atoms in total. The van der Waals surface area contributed by atoms with Gasteiger partial charge in [0.15, 0.2) is 5.78 Å². The molecule has 1 saturated carbocycles. The maximum absolute atomic E-state index is 13.4. The number of rotatable bonds is 9. The van der Waals surface area contributed by atoms with E-state index in [1.165, 1.54) is 12.5 Å². The molecule has 7 heteroatoms. The second kappa shape index (κ2) is 11.1. The van der Waals surface area contributed by atoms with Gasteiger partial charge in [0.2, 0.25) is 5.91 Å². The highest BCUT2D eigenvalue weighted by Crippen LogP contribution is 2.49. The van der Waals surface area contributed by atoms with Crippen molar-refractivity contribution in [3.8, 4) is 0 Å². The van der Waals surface area contributed by atoms with E-state index in [0.29, 0.717) is 25.0 Å². The summed E-state index contributed by atoms with van der Waals surface area (Å²) in [4.78, 5) is 37.2. The fourth-order valence-corrected chi connectivity index (χ4v) is 4.82. The predicted octanol–water partition coefficient (Wildman–Crippen LogP) is 4.77. The van der Waals surface area contributed by atoms with Gasteiger partial charge < -0.3 is 15.2 Å². The van der Waals surface area contributed by atoms with Crippen molar-refractivity contribution in [1.29, 1.82) is 0 Å². The maximum Gasteiger partial charge on any atom is 0.302 e. The number of hydrogen-bond acceptors (Lipinski definition) is 5. The molecule has 4 atom stereocenters. The molecular formula is C25H42ClNO5. The molecule has 0 bridgehead atoms. The van der Waals surface area contributed by atoms with E-state index in [4.69, 9.17) is 16.3 Å². The molecule has 1 fully saturated rings. The van der Waals surface area contributed by atoms with Crippen molar-refractivity contribution < 1.29 is 24.2 Å². The summed E-state index contributed by atoms with van der Waals surface area (Å²) in [6, 6.07) is 0. The third kappa shape index (κ3) is 7.31. The number of esters is 1. The Balaban J connectivity index is 2.79. The zero-order valence-electron chi connectivity index (χ0n) is 21.0. The molecule has 0 unspecified atom stereocenters. The van der Waals surface area contributed by atoms with Crippen LogP contribution in [0.5, 0.6) is 0 Å². The zero-order chi connectivity index (χ0) is 24.9. The first-order valence-electron chi connectivity index (χ1n) is 11.6. The first kappa shape index (κ1) is 28.6. The standard InChI is InChI=1S/C25H42ClNO5/c1-16-22(32-17(2)28)24(6,7)21(30)20(25(16,8)31)18(15-26)12-14-27-19(29)11-9-10-13-23(3,4)5/h15-16,20,22,31H,9-14H2,1-8H3,(H,27,29)/b18-15-/t16-,20+,22+,25-/m1/s1. The van der Waals surface area contributed by atoms with E-state index in [2.05, 4.69) is 26.1 Å². The molecule has 0 aromatic heterocycles. The number of aliphatic hydroxyl groups is 1. The van der Waals surface area contributed by atoms with Gasteiger partial charge in [-0.15, -0.1) is 0 Å². The van der Waals surface area contributed by atoms with E-state index in [1.807, 2.05) is 0 Å². The molecule has 0 aromatic carbocycles. The van der Waals surface area contributed by atoms with Gasteiger partial charge in [0.25, 0.3) is 0 Å². The highest BCUT2D eigenvalue weighted by Gasteiger charge is 2.60. The zero-order valence-corrected chi connectivity index (χ0v) is 21.8. The van der Waals surface area contributed by atoms with Crippen LogP contribution in [0.3, 0.4) is 0 Å². The number of unbranched alkanes of at least 4 members (excludes halogenated alkanes) is 1. The van der Waals surface area contributed by atoms with Gasteiger partial charge in [0.1, 0.15) is 6.10 Å². The minimum Gasteiger partial charge on any atom is -0.461 e. The monoisotopic (exact) mass is 471 g/mol. The van der Waals surface area contributed by atoms with Crippen LogP contribution < -0.4 is 5.32 Å². The lowest BCUT2D eigenvalue weighted by Crippen LogP contribution is -2.63. The molecule has 0 heterocycles. The Morgan fingerprint density at radius 1 is 1.19 bits per heavy atom. The van der Waals surface area contributed by atoms with Gasteiger partial charge in [-0.3, -0.25) is 14.4 Å². The number of carbonyl (C=O) groups is 3. The van der Waals surface area contributed by atoms with Crippen LogP contribution in [0.15, 0.2) is 11.1 Å². The molecule has 1 amide bonds. The third-order valence-corrected chi connectivity index (χ3v) is 6.97. The number of hydrogen-bond donors (Lipinski definition) is 2. The van der Waals surface area contributed by atoms with Crippen molar-refractivity contribution in [2.75, 3.05) is 6.54 Å². The van der Waals surface area contributed by atoms with Crippen molar-refractivity contribution >= 4 is 29.3 Å². The Bertz CT molecular complexity index is 720. The summed E-state index contributed by atoms with van der Waals surface area (Å²) >= 11 is 6.09. The summed E-state index contributed by atoms with van der Waals surface area (Å²) in [7, 11) is 0. The second-order valence-corrected chi connectivity index (χ2v) is 11.3. The van der Waals surface area contributed by atoms with Crippen LogP contribution in [-0.4, -0.2) is 41.0 Å². The number of carbonyl (C=O) groups excluding carboxylic acids is 3. The summed E-state index contributed by atoms with van der Waals surface area (Å²) in [6.07, 6.45) is 2.97. The molecule has 1 aliphatic carbocycles. The maximum atomic E-state index is 13.4. The van der Waals surface area contributed by atoms with Crippen LogP contribution in [0.25, 0.3) is 0 Å². The van der Waals surface area contributed by atoms with Crippen LogP contribution >= 0.6 is 11.6 Å². The average Bonchev–Trinajstić information content (AvgIpc) is 2.65. The quantitative estimate of drug-likeness (QED) is 0.373. The lowest BCUT2D eigenvalue weighted by Gasteiger charge is -2.52. The van der Waals surface area contributed by atoms with Gasteiger partial charge in [0.05, 0.1) is 16.9 Å². The third-order valence-electron chi connectivity index (χ3n) is 6.69. The van der Waals surface area contributed by atoms with Crippen molar-refractivity contribution in [2.24, 2.45) is 22.7 Å². The fourth-order valence-electron chi connectivity index (χ4n) is 4.58. The Kier molecular flexibility index (Phi) is 9.98. The lowest BCUT2D eigenvalue weighted by molar-refractivity contribution is -0.192. The van der Waals surface area contributed by atoms with Crippen molar-refractivity contribution in [1.82, 2.24) is 5.32 Å². The summed E-state index contributed by atoms with van der Waals surface area (Å²) in [6.45, 7) is 15.0. The minimum atomic E-state index is -1.45. The summed E-state index contributed by atoms with van der Waals surface area (Å²) < 4.78 is 5.44. The van der Waals surface area contributed by atoms with Gasteiger partial charge >= 0.3 is 5.97 Å². The highest BCUT2D eigenvalue weighted by molar-refractivity contribution is 6.26. The first-order chi connectivity index (χ1) is 14.6. The van der Waals surface area contributed by atoms with Crippen LogP contribution in [-0.2, 0) is 19.1 Å². The molecule has 1 aliphatic rings. The first-order valence-corrected chi connectivity index (χ1v) is 12.0. The molecule has 1 rings (SSSR count). The van der Waals surface area contributed by atoms with E-state index >= 15 is 0 Å². The molecule has 0 saturated heterocycles. The van der Waals surface area contributed by atoms with E-state index in [-0.39, 0.29) is 17.1 Å². The molecule has 0 aromatic rings.